The second-order valence-corrected chi connectivity index (χ2v) is 6.10. The Hall–Kier alpha value is -0.380. The molecule has 0 unspecified atom stereocenters. The van der Waals surface area contributed by atoms with Gasteiger partial charge in [-0.25, -0.2) is 8.78 Å². The first-order valence-corrected chi connectivity index (χ1v) is 8.24. The number of halogens is 3. The fraction of sp³-hybridized carbons (Fsp3) is 0.933. The second-order valence-electron chi connectivity index (χ2n) is 5.72. The molecule has 0 N–H and O–H groups in total. The summed E-state index contributed by atoms with van der Waals surface area (Å²) in [5.74, 6) is 0.731. The summed E-state index contributed by atoms with van der Waals surface area (Å²) in [5, 5.41) is 0. The summed E-state index contributed by atoms with van der Waals surface area (Å²) in [6.45, 7) is 1.92. The molecule has 20 heavy (non-hydrogen) atoms. The minimum absolute atomic E-state index is 0.0742. The number of carbonyl (C=O) groups is 1. The van der Waals surface area contributed by atoms with Crippen molar-refractivity contribution in [1.29, 1.82) is 0 Å². The molecule has 0 radical (unpaired) electrons. The zero-order chi connectivity index (χ0) is 15.0. The van der Waals surface area contributed by atoms with Gasteiger partial charge in [0.15, 0.2) is 0 Å². The van der Waals surface area contributed by atoms with Gasteiger partial charge in [-0.05, 0) is 31.6 Å². The highest BCUT2D eigenvalue weighted by Gasteiger charge is 2.30. The van der Waals surface area contributed by atoms with Crippen molar-refractivity contribution in [2.45, 2.75) is 58.3 Å². The molecule has 1 fully saturated rings. The summed E-state index contributed by atoms with van der Waals surface area (Å²) >= 11 is 5.60. The quantitative estimate of drug-likeness (QED) is 0.612. The normalized spacial score (nSPS) is 23.1. The average molecular weight is 310 g/mol. The molecule has 0 aliphatic heterocycles. The van der Waals surface area contributed by atoms with Crippen LogP contribution in [0.4, 0.5) is 8.78 Å². The monoisotopic (exact) mass is 309 g/mol. The van der Waals surface area contributed by atoms with E-state index in [0.717, 1.165) is 31.6 Å². The lowest BCUT2D eigenvalue weighted by Crippen LogP contribution is -2.41. The van der Waals surface area contributed by atoms with Crippen LogP contribution in [0.15, 0.2) is 0 Å². The summed E-state index contributed by atoms with van der Waals surface area (Å²) in [5.41, 5.74) is 0. The predicted molar refractivity (Wildman–Crippen MR) is 78.3 cm³/mol. The molecule has 0 heterocycles. The SMILES string of the molecule is CCCCC1CCC(C(=O)N(CCCl)CC(F)F)CC1. The van der Waals surface area contributed by atoms with Crippen molar-refractivity contribution >= 4 is 17.5 Å². The fourth-order valence-corrected chi connectivity index (χ4v) is 3.21. The fourth-order valence-electron chi connectivity index (χ4n) is 3.01. The highest BCUT2D eigenvalue weighted by Crippen LogP contribution is 2.33. The number of amides is 1. The summed E-state index contributed by atoms with van der Waals surface area (Å²) in [4.78, 5) is 13.5. The van der Waals surface area contributed by atoms with E-state index < -0.39 is 13.0 Å². The molecule has 0 aromatic carbocycles. The van der Waals surface area contributed by atoms with E-state index in [1.165, 1.54) is 24.2 Å². The molecule has 1 rings (SSSR count). The Kier molecular flexibility index (Phi) is 8.43. The average Bonchev–Trinajstić information content (AvgIpc) is 2.44. The van der Waals surface area contributed by atoms with Crippen molar-refractivity contribution in [2.24, 2.45) is 11.8 Å². The minimum Gasteiger partial charge on any atom is -0.336 e. The summed E-state index contributed by atoms with van der Waals surface area (Å²) in [6, 6.07) is 0. The first-order valence-electron chi connectivity index (χ1n) is 7.71. The maximum atomic E-state index is 12.5. The van der Waals surface area contributed by atoms with Gasteiger partial charge in [-0.15, -0.1) is 11.6 Å². The van der Waals surface area contributed by atoms with Crippen LogP contribution in [0.5, 0.6) is 0 Å². The smallest absolute Gasteiger partial charge is 0.255 e. The second kappa shape index (κ2) is 9.54. The van der Waals surface area contributed by atoms with Crippen LogP contribution in [0, 0.1) is 11.8 Å². The zero-order valence-electron chi connectivity index (χ0n) is 12.3. The third-order valence-electron chi connectivity index (χ3n) is 4.19. The van der Waals surface area contributed by atoms with E-state index in [2.05, 4.69) is 6.92 Å². The highest BCUT2D eigenvalue weighted by atomic mass is 35.5. The van der Waals surface area contributed by atoms with Gasteiger partial charge in [0.25, 0.3) is 6.43 Å². The molecule has 0 aromatic heterocycles. The van der Waals surface area contributed by atoms with Crippen molar-refractivity contribution in [3.63, 3.8) is 0 Å². The van der Waals surface area contributed by atoms with Gasteiger partial charge in [0.1, 0.15) is 0 Å². The number of unbranched alkanes of at least 4 members (excludes halogenated alkanes) is 1. The number of rotatable bonds is 8. The standard InChI is InChI=1S/C15H26ClF2NO/c1-2-3-4-12-5-7-13(8-6-12)15(20)19(10-9-16)11-14(17)18/h12-14H,2-11H2,1H3. The maximum Gasteiger partial charge on any atom is 0.255 e. The minimum atomic E-state index is -2.48. The summed E-state index contributed by atoms with van der Waals surface area (Å²) in [6.07, 6.45) is 5.00. The first-order chi connectivity index (χ1) is 9.58. The molecule has 0 aromatic rings. The molecule has 1 saturated carbocycles. The van der Waals surface area contributed by atoms with E-state index in [0.29, 0.717) is 0 Å². The van der Waals surface area contributed by atoms with E-state index in [-0.39, 0.29) is 24.2 Å². The van der Waals surface area contributed by atoms with Gasteiger partial charge in [0.05, 0.1) is 6.54 Å². The molecule has 1 amide bonds. The van der Waals surface area contributed by atoms with E-state index in [1.807, 2.05) is 0 Å². The van der Waals surface area contributed by atoms with Crippen LogP contribution in [0.3, 0.4) is 0 Å². The third kappa shape index (κ3) is 5.94. The lowest BCUT2D eigenvalue weighted by molar-refractivity contribution is -0.138. The van der Waals surface area contributed by atoms with Crippen LogP contribution in [0.2, 0.25) is 0 Å². The van der Waals surface area contributed by atoms with E-state index in [9.17, 15) is 13.6 Å². The molecule has 1 aliphatic carbocycles. The number of hydrogen-bond acceptors (Lipinski definition) is 1. The Morgan fingerprint density at radius 2 is 1.95 bits per heavy atom. The lowest BCUT2D eigenvalue weighted by Gasteiger charge is -2.32. The molecular weight excluding hydrogens is 284 g/mol. The first kappa shape index (κ1) is 17.7. The van der Waals surface area contributed by atoms with E-state index >= 15 is 0 Å². The van der Waals surface area contributed by atoms with Crippen LogP contribution in [-0.2, 0) is 4.79 Å². The van der Waals surface area contributed by atoms with Gasteiger partial charge < -0.3 is 4.90 Å². The molecule has 0 atom stereocenters. The lowest BCUT2D eigenvalue weighted by atomic mass is 9.79. The number of nitrogens with zero attached hydrogens (tertiary/aromatic N) is 1. The Morgan fingerprint density at radius 3 is 2.45 bits per heavy atom. The topological polar surface area (TPSA) is 20.3 Å². The van der Waals surface area contributed by atoms with Crippen LogP contribution >= 0.6 is 11.6 Å². The largest absolute Gasteiger partial charge is 0.336 e. The third-order valence-corrected chi connectivity index (χ3v) is 4.36. The van der Waals surface area contributed by atoms with Gasteiger partial charge in [0.2, 0.25) is 5.91 Å². The molecule has 1 aliphatic rings. The highest BCUT2D eigenvalue weighted by molar-refractivity contribution is 6.18. The van der Waals surface area contributed by atoms with Crippen LogP contribution in [0.25, 0.3) is 0 Å². The van der Waals surface area contributed by atoms with Gasteiger partial charge in [0, 0.05) is 18.3 Å². The Morgan fingerprint density at radius 1 is 1.30 bits per heavy atom. The Bertz CT molecular complexity index is 281. The van der Waals surface area contributed by atoms with Crippen molar-refractivity contribution in [3.05, 3.63) is 0 Å². The molecule has 2 nitrogen and oxygen atoms in total. The molecule has 0 saturated heterocycles. The Labute approximate surface area is 125 Å². The van der Waals surface area contributed by atoms with Gasteiger partial charge in [-0.3, -0.25) is 4.79 Å². The molecule has 118 valence electrons. The van der Waals surface area contributed by atoms with Crippen molar-refractivity contribution in [1.82, 2.24) is 4.90 Å². The molecule has 0 spiro atoms. The van der Waals surface area contributed by atoms with Gasteiger partial charge >= 0.3 is 0 Å². The zero-order valence-corrected chi connectivity index (χ0v) is 13.0. The number of hydrogen-bond donors (Lipinski definition) is 0. The van der Waals surface area contributed by atoms with E-state index in [4.69, 9.17) is 11.6 Å². The molecule has 5 heteroatoms. The van der Waals surface area contributed by atoms with E-state index in [1.54, 1.807) is 0 Å². The van der Waals surface area contributed by atoms with Crippen LogP contribution in [0.1, 0.15) is 51.9 Å². The number of alkyl halides is 3. The number of carbonyl (C=O) groups excluding carboxylic acids is 1. The predicted octanol–water partition coefficient (Wildman–Crippen LogP) is 4.32. The van der Waals surface area contributed by atoms with Crippen LogP contribution in [-0.4, -0.2) is 36.2 Å². The molecular formula is C15H26ClF2NO. The van der Waals surface area contributed by atoms with Gasteiger partial charge in [-0.1, -0.05) is 26.2 Å². The van der Waals surface area contributed by atoms with Crippen molar-refractivity contribution < 1.29 is 13.6 Å². The van der Waals surface area contributed by atoms with Crippen LogP contribution < -0.4 is 0 Å². The van der Waals surface area contributed by atoms with Crippen molar-refractivity contribution in [3.8, 4) is 0 Å². The van der Waals surface area contributed by atoms with Gasteiger partial charge in [-0.2, -0.15) is 0 Å². The summed E-state index contributed by atoms with van der Waals surface area (Å²) in [7, 11) is 0. The summed E-state index contributed by atoms with van der Waals surface area (Å²) < 4.78 is 25.0. The maximum absolute atomic E-state index is 12.5. The Balaban J connectivity index is 2.43. The molecule has 0 bridgehead atoms. The van der Waals surface area contributed by atoms with Crippen molar-refractivity contribution in [2.75, 3.05) is 19.0 Å².